The number of amides is 1. The number of quaternary nitrogens is 1. The van der Waals surface area contributed by atoms with Crippen molar-refractivity contribution >= 4 is 34.7 Å². The van der Waals surface area contributed by atoms with Gasteiger partial charge < -0.3 is 24.0 Å². The number of fused-ring (bicyclic) bond motifs is 1. The van der Waals surface area contributed by atoms with Gasteiger partial charge in [0.2, 0.25) is 5.78 Å². The molecule has 1 unspecified atom stereocenters. The monoisotopic (exact) mass is 494 g/mol. The Morgan fingerprint density at radius 2 is 1.97 bits per heavy atom. The number of benzene rings is 1. The lowest BCUT2D eigenvalue weighted by Crippen LogP contribution is -3.14. The number of rotatable bonds is 5. The molecule has 2 saturated heterocycles. The number of halogens is 1. The van der Waals surface area contributed by atoms with Crippen LogP contribution in [0.3, 0.4) is 0 Å². The minimum Gasteiger partial charge on any atom is -0.871 e. The summed E-state index contributed by atoms with van der Waals surface area (Å²) in [6.45, 7) is 7.69. The summed E-state index contributed by atoms with van der Waals surface area (Å²) in [5.41, 5.74) is 2.96. The molecule has 1 atom stereocenters. The number of likely N-dealkylation sites (tertiary alicyclic amines) is 1. The Hall–Kier alpha value is -3.20. The molecular formula is C26H27ClN4O4. The van der Waals surface area contributed by atoms with Gasteiger partial charge in [-0.1, -0.05) is 35.6 Å². The Morgan fingerprint density at radius 3 is 2.71 bits per heavy atom. The molecule has 1 N–H and O–H groups in total. The summed E-state index contributed by atoms with van der Waals surface area (Å²) in [5, 5.41) is 14.5. The number of Topliss-reactive ketones (excluding diaryl/α,β-unsaturated/α-hetero) is 1. The number of hydrogen-bond donors (Lipinski definition) is 1. The van der Waals surface area contributed by atoms with E-state index in [0.29, 0.717) is 53.9 Å². The second kappa shape index (κ2) is 9.45. The Morgan fingerprint density at radius 1 is 1.20 bits per heavy atom. The number of nitrogens with zero attached hydrogens (tertiary/aromatic N) is 3. The van der Waals surface area contributed by atoms with Crippen LogP contribution in [0.4, 0.5) is 0 Å². The second-order valence-electron chi connectivity index (χ2n) is 9.07. The first kappa shape index (κ1) is 23.5. The highest BCUT2D eigenvalue weighted by molar-refractivity contribution is 6.46. The van der Waals surface area contributed by atoms with Crippen LogP contribution >= 0.6 is 11.6 Å². The van der Waals surface area contributed by atoms with E-state index in [1.165, 1.54) is 9.80 Å². The molecule has 2 aromatic heterocycles. The van der Waals surface area contributed by atoms with Gasteiger partial charge in [-0.25, -0.2) is 4.98 Å². The van der Waals surface area contributed by atoms with Crippen LogP contribution in [0.25, 0.3) is 11.4 Å². The summed E-state index contributed by atoms with van der Waals surface area (Å²) in [6, 6.07) is 9.94. The van der Waals surface area contributed by atoms with Crippen molar-refractivity contribution in [2.24, 2.45) is 0 Å². The molecule has 182 valence electrons. The first-order valence-corrected chi connectivity index (χ1v) is 12.1. The number of morpholine rings is 1. The van der Waals surface area contributed by atoms with Crippen molar-refractivity contribution in [3.05, 3.63) is 75.7 Å². The maximum atomic E-state index is 14.0. The molecule has 5 rings (SSSR count). The number of carbonyl (C=O) groups is 2. The van der Waals surface area contributed by atoms with Crippen LogP contribution in [0, 0.1) is 13.8 Å². The van der Waals surface area contributed by atoms with Gasteiger partial charge in [-0.15, -0.1) is 0 Å². The van der Waals surface area contributed by atoms with Crippen LogP contribution < -0.4 is 10.0 Å². The molecule has 4 heterocycles. The molecule has 0 aliphatic carbocycles. The molecule has 2 aliphatic rings. The van der Waals surface area contributed by atoms with E-state index in [4.69, 9.17) is 16.3 Å². The van der Waals surface area contributed by atoms with E-state index >= 15 is 0 Å². The van der Waals surface area contributed by atoms with Crippen molar-refractivity contribution in [3.63, 3.8) is 0 Å². The number of carbonyl (C=O) groups excluding carboxylic acids is 2. The summed E-state index contributed by atoms with van der Waals surface area (Å²) >= 11 is 6.28. The van der Waals surface area contributed by atoms with Crippen molar-refractivity contribution in [2.75, 3.05) is 39.4 Å². The van der Waals surface area contributed by atoms with Gasteiger partial charge in [0.05, 0.1) is 43.7 Å². The topological polar surface area (TPSA) is 91.4 Å². The SMILES string of the molecule is Cc1nc2c(C)cccn2c1C([O-])=C1C(=O)C(=O)N(CC[NH+]2CCOCC2)C1c1cccc(Cl)c1. The van der Waals surface area contributed by atoms with E-state index in [0.717, 1.165) is 18.7 Å². The second-order valence-corrected chi connectivity index (χ2v) is 9.51. The fourth-order valence-electron chi connectivity index (χ4n) is 5.03. The zero-order valence-corrected chi connectivity index (χ0v) is 20.5. The van der Waals surface area contributed by atoms with Gasteiger partial charge in [0.25, 0.3) is 5.91 Å². The highest BCUT2D eigenvalue weighted by Gasteiger charge is 2.45. The standard InChI is InChI=1S/C26H27ClN4O4/c1-16-5-4-8-30-21(17(2)28-25(16)30)23(32)20-22(18-6-3-7-19(27)15-18)31(26(34)24(20)33)10-9-29-11-13-35-14-12-29/h3-8,15,22,32H,9-14H2,1-2H3. The third kappa shape index (κ3) is 4.22. The Balaban J connectivity index is 1.63. The molecular weight excluding hydrogens is 468 g/mol. The molecule has 1 amide bonds. The number of hydrogen-bond acceptors (Lipinski definition) is 5. The lowest BCUT2D eigenvalue weighted by Gasteiger charge is -2.30. The van der Waals surface area contributed by atoms with Crippen LogP contribution in [0.1, 0.15) is 28.6 Å². The maximum absolute atomic E-state index is 14.0. The van der Waals surface area contributed by atoms with Gasteiger partial charge in [-0.05, 0) is 43.2 Å². The van der Waals surface area contributed by atoms with Crippen LogP contribution in [0.15, 0.2) is 48.2 Å². The summed E-state index contributed by atoms with van der Waals surface area (Å²) in [7, 11) is 0. The number of imidazole rings is 1. The number of aromatic nitrogens is 2. The predicted octanol–water partition coefficient (Wildman–Crippen LogP) is 0.744. The first-order valence-electron chi connectivity index (χ1n) is 11.7. The van der Waals surface area contributed by atoms with E-state index in [9.17, 15) is 14.7 Å². The summed E-state index contributed by atoms with van der Waals surface area (Å²) in [6.07, 6.45) is 1.76. The van der Waals surface area contributed by atoms with Crippen LogP contribution in [-0.4, -0.2) is 65.4 Å². The van der Waals surface area contributed by atoms with Crippen molar-refractivity contribution < 1.29 is 24.3 Å². The van der Waals surface area contributed by atoms with Gasteiger partial charge in [-0.3, -0.25) is 9.59 Å². The molecule has 0 radical (unpaired) electrons. The molecule has 0 bridgehead atoms. The quantitative estimate of drug-likeness (QED) is 0.321. The minimum atomic E-state index is -0.809. The van der Waals surface area contributed by atoms with Crippen LogP contribution in [0.5, 0.6) is 0 Å². The molecule has 35 heavy (non-hydrogen) atoms. The highest BCUT2D eigenvalue weighted by Crippen LogP contribution is 2.39. The van der Waals surface area contributed by atoms with E-state index in [-0.39, 0.29) is 5.57 Å². The zero-order valence-electron chi connectivity index (χ0n) is 19.7. The van der Waals surface area contributed by atoms with Crippen LogP contribution in [0.2, 0.25) is 5.02 Å². The third-order valence-electron chi connectivity index (χ3n) is 6.83. The number of aryl methyl sites for hydroxylation is 2. The molecule has 2 aliphatic heterocycles. The van der Waals surface area contributed by atoms with Gasteiger partial charge in [0.15, 0.2) is 0 Å². The van der Waals surface area contributed by atoms with Gasteiger partial charge in [0.1, 0.15) is 18.7 Å². The Labute approximate surface area is 208 Å². The molecule has 1 aromatic carbocycles. The van der Waals surface area contributed by atoms with E-state index in [1.807, 2.05) is 19.1 Å². The summed E-state index contributed by atoms with van der Waals surface area (Å²) in [5.74, 6) is -1.90. The number of ether oxygens (including phenoxy) is 1. The van der Waals surface area contributed by atoms with Crippen molar-refractivity contribution in [2.45, 2.75) is 19.9 Å². The molecule has 2 fully saturated rings. The first-order chi connectivity index (χ1) is 16.9. The largest absolute Gasteiger partial charge is 0.871 e. The normalized spacial score (nSPS) is 20.8. The Kier molecular flexibility index (Phi) is 6.35. The van der Waals surface area contributed by atoms with E-state index < -0.39 is 23.5 Å². The molecule has 9 heteroatoms. The lowest BCUT2D eigenvalue weighted by molar-refractivity contribution is -0.907. The van der Waals surface area contributed by atoms with E-state index in [1.54, 1.807) is 41.8 Å². The third-order valence-corrected chi connectivity index (χ3v) is 7.07. The van der Waals surface area contributed by atoms with Crippen molar-refractivity contribution in [1.82, 2.24) is 14.3 Å². The van der Waals surface area contributed by atoms with Crippen LogP contribution in [-0.2, 0) is 14.3 Å². The number of nitrogens with one attached hydrogen (secondary N) is 1. The predicted molar refractivity (Wildman–Crippen MR) is 129 cm³/mol. The van der Waals surface area contributed by atoms with Gasteiger partial charge in [-0.2, -0.15) is 0 Å². The zero-order chi connectivity index (χ0) is 24.7. The van der Waals surface area contributed by atoms with Crippen molar-refractivity contribution in [1.29, 1.82) is 0 Å². The van der Waals surface area contributed by atoms with Gasteiger partial charge in [0, 0.05) is 16.8 Å². The molecule has 8 nitrogen and oxygen atoms in total. The number of pyridine rings is 1. The van der Waals surface area contributed by atoms with Crippen molar-refractivity contribution in [3.8, 4) is 0 Å². The average Bonchev–Trinajstić information content (AvgIpc) is 3.32. The summed E-state index contributed by atoms with van der Waals surface area (Å²) in [4.78, 5) is 34.0. The average molecular weight is 495 g/mol. The molecule has 3 aromatic rings. The maximum Gasteiger partial charge on any atom is 0.295 e. The lowest BCUT2D eigenvalue weighted by atomic mass is 9.96. The summed E-state index contributed by atoms with van der Waals surface area (Å²) < 4.78 is 7.13. The fourth-order valence-corrected chi connectivity index (χ4v) is 5.23. The smallest absolute Gasteiger partial charge is 0.295 e. The number of ketones is 1. The molecule has 0 saturated carbocycles. The molecule has 0 spiro atoms. The highest BCUT2D eigenvalue weighted by atomic mass is 35.5. The fraction of sp³-hybridized carbons (Fsp3) is 0.346. The van der Waals surface area contributed by atoms with Gasteiger partial charge >= 0.3 is 0 Å². The Bertz CT molecular complexity index is 1340. The van der Waals surface area contributed by atoms with E-state index in [2.05, 4.69) is 4.98 Å². The minimum absolute atomic E-state index is 0.0550.